The molecule has 1 fully saturated rings. The third-order valence-electron chi connectivity index (χ3n) is 2.84. The van der Waals surface area contributed by atoms with Gasteiger partial charge in [-0.15, -0.1) is 0 Å². The molecule has 5 heteroatoms. The Morgan fingerprint density at radius 3 is 2.47 bits per heavy atom. The predicted molar refractivity (Wildman–Crippen MR) is 60.6 cm³/mol. The van der Waals surface area contributed by atoms with Crippen molar-refractivity contribution in [3.63, 3.8) is 0 Å². The van der Waals surface area contributed by atoms with Gasteiger partial charge >= 0.3 is 0 Å². The summed E-state index contributed by atoms with van der Waals surface area (Å²) in [5.74, 6) is 0.440. The van der Waals surface area contributed by atoms with Gasteiger partial charge in [-0.25, -0.2) is 8.42 Å². The average Bonchev–Trinajstić information content (AvgIpc) is 2.09. The molecule has 1 aliphatic rings. The smallest absolute Gasteiger partial charge is 0.151 e. The second kappa shape index (κ2) is 5.27. The number of rotatable bonds is 7. The summed E-state index contributed by atoms with van der Waals surface area (Å²) in [4.78, 5) is 0. The van der Waals surface area contributed by atoms with Gasteiger partial charge in [0.2, 0.25) is 0 Å². The van der Waals surface area contributed by atoms with Crippen LogP contribution in [-0.4, -0.2) is 43.7 Å². The van der Waals surface area contributed by atoms with Gasteiger partial charge in [0.25, 0.3) is 0 Å². The fraction of sp³-hybridized carbons (Fsp3) is 1.00. The number of sulfone groups is 1. The van der Waals surface area contributed by atoms with Crippen LogP contribution >= 0.6 is 0 Å². The monoisotopic (exact) mass is 235 g/mol. The van der Waals surface area contributed by atoms with E-state index < -0.39 is 15.4 Å². The minimum Gasteiger partial charge on any atom is -0.389 e. The van der Waals surface area contributed by atoms with Gasteiger partial charge in [-0.05, 0) is 25.7 Å². The molecule has 0 radical (unpaired) electrons. The molecule has 0 spiro atoms. The molecule has 90 valence electrons. The largest absolute Gasteiger partial charge is 0.389 e. The van der Waals surface area contributed by atoms with Crippen molar-refractivity contribution in [3.05, 3.63) is 0 Å². The van der Waals surface area contributed by atoms with Gasteiger partial charge in [0.15, 0.2) is 9.84 Å². The molecule has 0 heterocycles. The summed E-state index contributed by atoms with van der Waals surface area (Å²) in [5, 5.41) is 12.7. The van der Waals surface area contributed by atoms with E-state index in [-0.39, 0.29) is 11.5 Å². The Morgan fingerprint density at radius 2 is 2.00 bits per heavy atom. The SMILES string of the molecule is CCCS(=O)(=O)CCNCC1(O)CCC1. The van der Waals surface area contributed by atoms with Gasteiger partial charge in [-0.3, -0.25) is 0 Å². The highest BCUT2D eigenvalue weighted by molar-refractivity contribution is 7.91. The van der Waals surface area contributed by atoms with E-state index in [0.717, 1.165) is 19.3 Å². The molecule has 0 aromatic carbocycles. The van der Waals surface area contributed by atoms with Crippen molar-refractivity contribution >= 4 is 9.84 Å². The Bertz CT molecular complexity index is 283. The van der Waals surface area contributed by atoms with Gasteiger partial charge < -0.3 is 10.4 Å². The summed E-state index contributed by atoms with van der Waals surface area (Å²) in [6.45, 7) is 2.83. The lowest BCUT2D eigenvalue weighted by Crippen LogP contribution is -2.47. The predicted octanol–water partition coefficient (Wildman–Crippen LogP) is 0.316. The minimum absolute atomic E-state index is 0.178. The fourth-order valence-corrected chi connectivity index (χ4v) is 3.00. The van der Waals surface area contributed by atoms with E-state index in [4.69, 9.17) is 0 Å². The highest BCUT2D eigenvalue weighted by atomic mass is 32.2. The molecule has 2 N–H and O–H groups in total. The van der Waals surface area contributed by atoms with Crippen molar-refractivity contribution < 1.29 is 13.5 Å². The first-order valence-corrected chi connectivity index (χ1v) is 7.43. The molecule has 15 heavy (non-hydrogen) atoms. The van der Waals surface area contributed by atoms with E-state index in [1.54, 1.807) is 0 Å². The minimum atomic E-state index is -2.88. The van der Waals surface area contributed by atoms with E-state index in [0.29, 0.717) is 19.5 Å². The Kier molecular flexibility index (Phi) is 4.55. The van der Waals surface area contributed by atoms with Crippen LogP contribution in [0.3, 0.4) is 0 Å². The zero-order valence-corrected chi connectivity index (χ0v) is 10.1. The van der Waals surface area contributed by atoms with Crippen molar-refractivity contribution in [2.75, 3.05) is 24.6 Å². The van der Waals surface area contributed by atoms with Crippen LogP contribution < -0.4 is 5.32 Å². The first kappa shape index (κ1) is 12.9. The lowest BCUT2D eigenvalue weighted by atomic mass is 9.80. The van der Waals surface area contributed by atoms with Crippen LogP contribution in [0.15, 0.2) is 0 Å². The average molecular weight is 235 g/mol. The maximum atomic E-state index is 11.3. The van der Waals surface area contributed by atoms with Crippen molar-refractivity contribution in [2.24, 2.45) is 0 Å². The molecule has 0 atom stereocenters. The molecule has 0 unspecified atom stereocenters. The number of nitrogens with one attached hydrogen (secondary N) is 1. The Hall–Kier alpha value is -0.130. The molecule has 0 aromatic heterocycles. The molecular formula is C10H21NO3S. The summed E-state index contributed by atoms with van der Waals surface area (Å²) in [5.41, 5.74) is -0.561. The molecule has 0 amide bonds. The van der Waals surface area contributed by atoms with E-state index in [1.165, 1.54) is 0 Å². The van der Waals surface area contributed by atoms with Crippen LogP contribution in [0.1, 0.15) is 32.6 Å². The van der Waals surface area contributed by atoms with Crippen molar-refractivity contribution in [1.82, 2.24) is 5.32 Å². The van der Waals surface area contributed by atoms with E-state index in [2.05, 4.69) is 5.32 Å². The first-order valence-electron chi connectivity index (χ1n) is 5.61. The molecule has 0 bridgehead atoms. The summed E-state index contributed by atoms with van der Waals surface area (Å²) in [7, 11) is -2.88. The molecule has 0 aliphatic heterocycles. The lowest BCUT2D eigenvalue weighted by Gasteiger charge is -2.36. The van der Waals surface area contributed by atoms with Gasteiger partial charge in [-0.2, -0.15) is 0 Å². The van der Waals surface area contributed by atoms with Gasteiger partial charge in [0.1, 0.15) is 0 Å². The molecule has 1 aliphatic carbocycles. The molecule has 0 aromatic rings. The highest BCUT2D eigenvalue weighted by Gasteiger charge is 2.33. The quantitative estimate of drug-likeness (QED) is 0.624. The molecule has 0 saturated heterocycles. The van der Waals surface area contributed by atoms with Crippen molar-refractivity contribution in [3.8, 4) is 0 Å². The third kappa shape index (κ3) is 4.49. The van der Waals surface area contributed by atoms with Crippen LogP contribution in [0.25, 0.3) is 0 Å². The topological polar surface area (TPSA) is 66.4 Å². The molecule has 4 nitrogen and oxygen atoms in total. The number of hydrogen-bond acceptors (Lipinski definition) is 4. The summed E-state index contributed by atoms with van der Waals surface area (Å²) >= 11 is 0. The summed E-state index contributed by atoms with van der Waals surface area (Å²) in [6.07, 6.45) is 3.42. The number of aliphatic hydroxyl groups is 1. The van der Waals surface area contributed by atoms with Crippen LogP contribution in [0.2, 0.25) is 0 Å². The maximum absolute atomic E-state index is 11.3. The summed E-state index contributed by atoms with van der Waals surface area (Å²) < 4.78 is 22.7. The second-order valence-electron chi connectivity index (χ2n) is 4.41. The third-order valence-corrected chi connectivity index (χ3v) is 4.70. The van der Waals surface area contributed by atoms with Gasteiger partial charge in [0, 0.05) is 18.8 Å². The van der Waals surface area contributed by atoms with Gasteiger partial charge in [0.05, 0.1) is 11.4 Å². The number of hydrogen-bond donors (Lipinski definition) is 2. The second-order valence-corrected chi connectivity index (χ2v) is 6.71. The Morgan fingerprint density at radius 1 is 1.33 bits per heavy atom. The molecular weight excluding hydrogens is 214 g/mol. The first-order chi connectivity index (χ1) is 6.97. The lowest BCUT2D eigenvalue weighted by molar-refractivity contribution is -0.0307. The van der Waals surface area contributed by atoms with Crippen LogP contribution in [-0.2, 0) is 9.84 Å². The van der Waals surface area contributed by atoms with Crippen LogP contribution in [0.4, 0.5) is 0 Å². The van der Waals surface area contributed by atoms with E-state index >= 15 is 0 Å². The van der Waals surface area contributed by atoms with E-state index in [1.807, 2.05) is 6.92 Å². The zero-order valence-electron chi connectivity index (χ0n) is 9.33. The zero-order chi connectivity index (χ0) is 11.4. The van der Waals surface area contributed by atoms with Crippen molar-refractivity contribution in [2.45, 2.75) is 38.2 Å². The standard InChI is InChI=1S/C10H21NO3S/c1-2-7-15(13,14)8-6-11-9-10(12)4-3-5-10/h11-12H,2-9H2,1H3. The fourth-order valence-electron chi connectivity index (χ4n) is 1.72. The summed E-state index contributed by atoms with van der Waals surface area (Å²) in [6, 6.07) is 0. The Labute approximate surface area is 92.0 Å². The normalized spacial score (nSPS) is 19.9. The Balaban J connectivity index is 2.11. The van der Waals surface area contributed by atoms with Crippen LogP contribution in [0.5, 0.6) is 0 Å². The molecule has 1 saturated carbocycles. The molecule has 1 rings (SSSR count). The van der Waals surface area contributed by atoms with Crippen molar-refractivity contribution in [1.29, 1.82) is 0 Å². The maximum Gasteiger partial charge on any atom is 0.151 e. The van der Waals surface area contributed by atoms with Gasteiger partial charge in [-0.1, -0.05) is 6.92 Å². The van der Waals surface area contributed by atoms with E-state index in [9.17, 15) is 13.5 Å². The van der Waals surface area contributed by atoms with Crippen LogP contribution in [0, 0.1) is 0 Å². The highest BCUT2D eigenvalue weighted by Crippen LogP contribution is 2.30.